The molecule has 0 aliphatic heterocycles. The molecule has 25 heavy (non-hydrogen) atoms. The molecule has 1 aromatic carbocycles. The average molecular weight is 338 g/mol. The first-order valence-electron chi connectivity index (χ1n) is 7.33. The SMILES string of the molecule is N#Cc1cccnc1NCc1cccnc1Oc1ccc(F)c(F)c1. The number of hydrogen-bond acceptors (Lipinski definition) is 5. The van der Waals surface area contributed by atoms with Crippen LogP contribution in [0.4, 0.5) is 14.6 Å². The minimum atomic E-state index is -1.000. The van der Waals surface area contributed by atoms with Crippen molar-refractivity contribution in [2.24, 2.45) is 0 Å². The zero-order chi connectivity index (χ0) is 17.6. The van der Waals surface area contributed by atoms with Crippen molar-refractivity contribution in [1.29, 1.82) is 5.26 Å². The summed E-state index contributed by atoms with van der Waals surface area (Å²) >= 11 is 0. The van der Waals surface area contributed by atoms with Crippen LogP contribution in [0.1, 0.15) is 11.1 Å². The predicted molar refractivity (Wildman–Crippen MR) is 86.9 cm³/mol. The van der Waals surface area contributed by atoms with E-state index in [2.05, 4.69) is 15.3 Å². The van der Waals surface area contributed by atoms with Gasteiger partial charge in [0.25, 0.3) is 0 Å². The number of anilines is 1. The van der Waals surface area contributed by atoms with Gasteiger partial charge in [-0.15, -0.1) is 0 Å². The highest BCUT2D eigenvalue weighted by atomic mass is 19.2. The Kier molecular flexibility index (Phi) is 4.81. The summed E-state index contributed by atoms with van der Waals surface area (Å²) in [5.41, 5.74) is 1.08. The lowest BCUT2D eigenvalue weighted by atomic mass is 10.2. The number of aromatic nitrogens is 2. The molecule has 0 radical (unpaired) electrons. The van der Waals surface area contributed by atoms with Crippen LogP contribution >= 0.6 is 0 Å². The number of rotatable bonds is 5. The third-order valence-corrected chi connectivity index (χ3v) is 3.33. The monoisotopic (exact) mass is 338 g/mol. The molecule has 0 unspecified atom stereocenters. The van der Waals surface area contributed by atoms with Gasteiger partial charge in [0.1, 0.15) is 17.6 Å². The van der Waals surface area contributed by atoms with Gasteiger partial charge in [0.15, 0.2) is 11.6 Å². The first-order chi connectivity index (χ1) is 12.2. The van der Waals surface area contributed by atoms with E-state index in [4.69, 9.17) is 10.00 Å². The minimum absolute atomic E-state index is 0.134. The quantitative estimate of drug-likeness (QED) is 0.760. The molecular weight excluding hydrogens is 326 g/mol. The summed E-state index contributed by atoms with van der Waals surface area (Å²) in [6, 6.07) is 12.1. The van der Waals surface area contributed by atoms with Crippen LogP contribution in [0.25, 0.3) is 0 Å². The molecule has 0 amide bonds. The zero-order valence-electron chi connectivity index (χ0n) is 12.9. The minimum Gasteiger partial charge on any atom is -0.439 e. The molecule has 0 aliphatic rings. The van der Waals surface area contributed by atoms with E-state index in [9.17, 15) is 8.78 Å². The number of benzene rings is 1. The first-order valence-corrected chi connectivity index (χ1v) is 7.33. The highest BCUT2D eigenvalue weighted by Gasteiger charge is 2.10. The highest BCUT2D eigenvalue weighted by molar-refractivity contribution is 5.51. The fourth-order valence-corrected chi connectivity index (χ4v) is 2.12. The summed E-state index contributed by atoms with van der Waals surface area (Å²) in [7, 11) is 0. The first kappa shape index (κ1) is 16.3. The van der Waals surface area contributed by atoms with Crippen molar-refractivity contribution in [3.8, 4) is 17.7 Å². The number of hydrogen-bond donors (Lipinski definition) is 1. The molecule has 1 N–H and O–H groups in total. The lowest BCUT2D eigenvalue weighted by Gasteiger charge is -2.11. The van der Waals surface area contributed by atoms with Crippen LogP contribution in [0, 0.1) is 23.0 Å². The second-order valence-corrected chi connectivity index (χ2v) is 5.01. The molecule has 0 bridgehead atoms. The van der Waals surface area contributed by atoms with E-state index in [1.807, 2.05) is 6.07 Å². The van der Waals surface area contributed by atoms with Gasteiger partial charge in [-0.1, -0.05) is 6.07 Å². The summed E-state index contributed by atoms with van der Waals surface area (Å²) in [4.78, 5) is 8.23. The molecule has 0 spiro atoms. The van der Waals surface area contributed by atoms with Crippen molar-refractivity contribution in [3.63, 3.8) is 0 Å². The van der Waals surface area contributed by atoms with Gasteiger partial charge < -0.3 is 10.1 Å². The number of nitriles is 1. The van der Waals surface area contributed by atoms with Gasteiger partial charge in [0.05, 0.1) is 5.56 Å². The van der Waals surface area contributed by atoms with E-state index >= 15 is 0 Å². The second-order valence-electron chi connectivity index (χ2n) is 5.01. The Labute approximate surface area is 142 Å². The predicted octanol–water partition coefficient (Wildman–Crippen LogP) is 4.03. The van der Waals surface area contributed by atoms with E-state index in [-0.39, 0.29) is 11.6 Å². The topological polar surface area (TPSA) is 70.8 Å². The largest absolute Gasteiger partial charge is 0.439 e. The van der Waals surface area contributed by atoms with E-state index in [0.29, 0.717) is 23.5 Å². The van der Waals surface area contributed by atoms with Gasteiger partial charge in [0.2, 0.25) is 5.88 Å². The number of nitrogens with one attached hydrogen (secondary N) is 1. The summed E-state index contributed by atoms with van der Waals surface area (Å²) in [6.07, 6.45) is 3.10. The van der Waals surface area contributed by atoms with Crippen molar-refractivity contribution in [2.75, 3.05) is 5.32 Å². The molecule has 3 rings (SSSR count). The molecule has 0 saturated heterocycles. The van der Waals surface area contributed by atoms with Crippen molar-refractivity contribution in [2.45, 2.75) is 6.54 Å². The van der Waals surface area contributed by atoms with E-state index in [1.165, 1.54) is 12.3 Å². The third-order valence-electron chi connectivity index (χ3n) is 3.33. The van der Waals surface area contributed by atoms with Gasteiger partial charge in [-0.3, -0.25) is 0 Å². The maximum absolute atomic E-state index is 13.3. The van der Waals surface area contributed by atoms with Crippen molar-refractivity contribution >= 4 is 5.82 Å². The highest BCUT2D eigenvalue weighted by Crippen LogP contribution is 2.25. The van der Waals surface area contributed by atoms with Crippen molar-refractivity contribution < 1.29 is 13.5 Å². The number of ether oxygens (including phenoxy) is 1. The van der Waals surface area contributed by atoms with Crippen molar-refractivity contribution in [3.05, 3.63) is 77.6 Å². The average Bonchev–Trinajstić information content (AvgIpc) is 2.64. The molecular formula is C18H12F2N4O. The van der Waals surface area contributed by atoms with E-state index in [0.717, 1.165) is 12.1 Å². The van der Waals surface area contributed by atoms with Crippen molar-refractivity contribution in [1.82, 2.24) is 9.97 Å². The summed E-state index contributed by atoms with van der Waals surface area (Å²) < 4.78 is 31.9. The van der Waals surface area contributed by atoms with Gasteiger partial charge in [0, 0.05) is 30.6 Å². The number of halogens is 2. The lowest BCUT2D eigenvalue weighted by Crippen LogP contribution is -2.05. The Morgan fingerprint density at radius 2 is 1.84 bits per heavy atom. The van der Waals surface area contributed by atoms with Crippen LogP contribution in [0.3, 0.4) is 0 Å². The van der Waals surface area contributed by atoms with E-state index in [1.54, 1.807) is 30.5 Å². The van der Waals surface area contributed by atoms with Crippen LogP contribution < -0.4 is 10.1 Å². The molecule has 0 aliphatic carbocycles. The standard InChI is InChI=1S/C18H12F2N4O/c19-15-6-5-14(9-16(15)20)25-18-13(4-2-8-23-18)11-24-17-12(10-21)3-1-7-22-17/h1-9H,11H2,(H,22,24). The Morgan fingerprint density at radius 3 is 2.64 bits per heavy atom. The fraction of sp³-hybridized carbons (Fsp3) is 0.0556. The molecule has 124 valence electrons. The van der Waals surface area contributed by atoms with Gasteiger partial charge in [-0.25, -0.2) is 18.7 Å². The van der Waals surface area contributed by atoms with Gasteiger partial charge in [-0.05, 0) is 30.3 Å². The van der Waals surface area contributed by atoms with Gasteiger partial charge in [-0.2, -0.15) is 5.26 Å². The maximum atomic E-state index is 13.3. The third kappa shape index (κ3) is 3.87. The number of pyridine rings is 2. The summed E-state index contributed by atoms with van der Waals surface area (Å²) in [5.74, 6) is -1.13. The Bertz CT molecular complexity index is 940. The van der Waals surface area contributed by atoms with Gasteiger partial charge >= 0.3 is 0 Å². The van der Waals surface area contributed by atoms with Crippen LogP contribution in [-0.2, 0) is 6.54 Å². The smallest absolute Gasteiger partial charge is 0.224 e. The Morgan fingerprint density at radius 1 is 1.04 bits per heavy atom. The van der Waals surface area contributed by atoms with Crippen LogP contribution in [0.2, 0.25) is 0 Å². The second kappa shape index (κ2) is 7.36. The molecule has 7 heteroatoms. The summed E-state index contributed by atoms with van der Waals surface area (Å²) in [6.45, 7) is 0.290. The zero-order valence-corrected chi connectivity index (χ0v) is 12.9. The number of nitrogens with zero attached hydrogens (tertiary/aromatic N) is 3. The maximum Gasteiger partial charge on any atom is 0.224 e. The molecule has 2 heterocycles. The normalized spacial score (nSPS) is 10.1. The van der Waals surface area contributed by atoms with Crippen LogP contribution in [0.15, 0.2) is 54.9 Å². The summed E-state index contributed by atoms with van der Waals surface area (Å²) in [5, 5.41) is 12.1. The Balaban J connectivity index is 1.79. The molecule has 0 atom stereocenters. The molecule has 0 fully saturated rings. The van der Waals surface area contributed by atoms with Crippen LogP contribution in [-0.4, -0.2) is 9.97 Å². The fourth-order valence-electron chi connectivity index (χ4n) is 2.12. The molecule has 2 aromatic heterocycles. The lowest BCUT2D eigenvalue weighted by molar-refractivity contribution is 0.443. The molecule has 3 aromatic rings. The van der Waals surface area contributed by atoms with E-state index < -0.39 is 11.6 Å². The molecule has 0 saturated carbocycles. The Hall–Kier alpha value is -3.53. The van der Waals surface area contributed by atoms with Crippen LogP contribution in [0.5, 0.6) is 11.6 Å². The molecule has 5 nitrogen and oxygen atoms in total.